The molecule has 0 fully saturated rings. The van der Waals surface area contributed by atoms with Crippen LogP contribution in [-0.4, -0.2) is 41.3 Å². The lowest BCUT2D eigenvalue weighted by Crippen LogP contribution is -1.99. The normalized spacial score (nSPS) is 10.7. The van der Waals surface area contributed by atoms with E-state index >= 15 is 0 Å². The standard InChI is InChI=1S/C14H16N6O3/c1-21-7-5-9(23-3)8(22-2)4-6(7)12-17-10-11(15)18-14(16)20-13(10)19-12/h4-5H,1-3H3,(H5,15,16,17,18,19,20). The molecule has 120 valence electrons. The molecule has 5 N–H and O–H groups in total. The molecule has 0 aliphatic heterocycles. The van der Waals surface area contributed by atoms with E-state index in [1.165, 1.54) is 0 Å². The number of fused-ring (bicyclic) bond motifs is 1. The Bertz CT molecular complexity index is 877. The molecular formula is C14H16N6O3. The number of aromatic nitrogens is 4. The number of nitrogens with zero attached hydrogens (tertiary/aromatic N) is 3. The Kier molecular flexibility index (Phi) is 3.53. The van der Waals surface area contributed by atoms with Gasteiger partial charge in [-0.3, -0.25) is 0 Å². The summed E-state index contributed by atoms with van der Waals surface area (Å²) in [7, 11) is 4.66. The maximum absolute atomic E-state index is 5.84. The van der Waals surface area contributed by atoms with Crippen LogP contribution in [0.1, 0.15) is 0 Å². The van der Waals surface area contributed by atoms with Crippen LogP contribution in [0.3, 0.4) is 0 Å². The highest BCUT2D eigenvalue weighted by Crippen LogP contribution is 2.39. The SMILES string of the molecule is COc1cc(OC)c(-c2nc3nc(N)nc(N)c3[nH]2)cc1OC. The van der Waals surface area contributed by atoms with E-state index in [9.17, 15) is 0 Å². The average Bonchev–Trinajstić information content (AvgIpc) is 2.97. The van der Waals surface area contributed by atoms with Gasteiger partial charge in [-0.25, -0.2) is 4.98 Å². The number of benzene rings is 1. The van der Waals surface area contributed by atoms with Crippen molar-refractivity contribution in [3.8, 4) is 28.6 Å². The van der Waals surface area contributed by atoms with E-state index < -0.39 is 0 Å². The second-order valence-corrected chi connectivity index (χ2v) is 4.66. The molecule has 9 nitrogen and oxygen atoms in total. The van der Waals surface area contributed by atoms with Gasteiger partial charge >= 0.3 is 0 Å². The molecule has 0 bridgehead atoms. The number of hydrogen-bond acceptors (Lipinski definition) is 8. The van der Waals surface area contributed by atoms with Crippen molar-refractivity contribution in [2.24, 2.45) is 0 Å². The monoisotopic (exact) mass is 316 g/mol. The minimum Gasteiger partial charge on any atom is -0.496 e. The highest BCUT2D eigenvalue weighted by molar-refractivity contribution is 5.86. The molecule has 0 saturated carbocycles. The number of hydrogen-bond donors (Lipinski definition) is 3. The van der Waals surface area contributed by atoms with E-state index in [4.69, 9.17) is 25.7 Å². The van der Waals surface area contributed by atoms with Crippen LogP contribution in [0, 0.1) is 0 Å². The fraction of sp³-hybridized carbons (Fsp3) is 0.214. The molecule has 3 aromatic rings. The molecule has 2 heterocycles. The quantitative estimate of drug-likeness (QED) is 0.653. The molecule has 0 saturated heterocycles. The lowest BCUT2D eigenvalue weighted by atomic mass is 10.1. The third-order valence-corrected chi connectivity index (χ3v) is 3.36. The van der Waals surface area contributed by atoms with Gasteiger partial charge in [-0.2, -0.15) is 9.97 Å². The van der Waals surface area contributed by atoms with Crippen LogP contribution in [0.15, 0.2) is 12.1 Å². The molecule has 3 rings (SSSR count). The van der Waals surface area contributed by atoms with Gasteiger partial charge in [-0.05, 0) is 6.07 Å². The molecule has 0 unspecified atom stereocenters. The van der Waals surface area contributed by atoms with E-state index in [-0.39, 0.29) is 11.8 Å². The van der Waals surface area contributed by atoms with Crippen molar-refractivity contribution < 1.29 is 14.2 Å². The van der Waals surface area contributed by atoms with Crippen LogP contribution in [0.2, 0.25) is 0 Å². The Morgan fingerprint density at radius 1 is 0.870 bits per heavy atom. The van der Waals surface area contributed by atoms with Crippen LogP contribution in [0.4, 0.5) is 11.8 Å². The molecule has 0 atom stereocenters. The number of rotatable bonds is 4. The van der Waals surface area contributed by atoms with Crippen molar-refractivity contribution in [1.82, 2.24) is 19.9 Å². The first kappa shape index (κ1) is 14.7. The van der Waals surface area contributed by atoms with Gasteiger partial charge in [0.25, 0.3) is 0 Å². The summed E-state index contributed by atoms with van der Waals surface area (Å²) in [5.41, 5.74) is 13.0. The summed E-state index contributed by atoms with van der Waals surface area (Å²) in [5.74, 6) is 2.44. The largest absolute Gasteiger partial charge is 0.496 e. The predicted octanol–water partition coefficient (Wildman–Crippen LogP) is 1.21. The smallest absolute Gasteiger partial charge is 0.224 e. The number of H-pyrrole nitrogens is 1. The maximum atomic E-state index is 5.84. The van der Waals surface area contributed by atoms with Gasteiger partial charge in [0.2, 0.25) is 5.95 Å². The summed E-state index contributed by atoms with van der Waals surface area (Å²) in [6, 6.07) is 3.47. The summed E-state index contributed by atoms with van der Waals surface area (Å²) in [5, 5.41) is 0. The van der Waals surface area contributed by atoms with Crippen LogP contribution in [0.25, 0.3) is 22.6 Å². The zero-order chi connectivity index (χ0) is 16.6. The first-order valence-electron chi connectivity index (χ1n) is 6.66. The number of nitrogens with one attached hydrogen (secondary N) is 1. The second kappa shape index (κ2) is 5.52. The van der Waals surface area contributed by atoms with Crippen molar-refractivity contribution in [3.05, 3.63) is 12.1 Å². The topological polar surface area (TPSA) is 134 Å². The molecule has 1 aromatic carbocycles. The summed E-state index contributed by atoms with van der Waals surface area (Å²) in [6.07, 6.45) is 0. The fourth-order valence-corrected chi connectivity index (χ4v) is 2.28. The van der Waals surface area contributed by atoms with E-state index in [0.717, 1.165) is 0 Å². The molecule has 2 aromatic heterocycles. The zero-order valence-corrected chi connectivity index (χ0v) is 12.9. The fourth-order valence-electron chi connectivity index (χ4n) is 2.28. The second-order valence-electron chi connectivity index (χ2n) is 4.66. The van der Waals surface area contributed by atoms with Gasteiger partial charge in [-0.1, -0.05) is 0 Å². The molecule has 0 amide bonds. The van der Waals surface area contributed by atoms with Gasteiger partial charge in [0.05, 0.1) is 26.9 Å². The minimum atomic E-state index is 0.0623. The van der Waals surface area contributed by atoms with Crippen molar-refractivity contribution >= 4 is 22.9 Å². The lowest BCUT2D eigenvalue weighted by Gasteiger charge is -2.12. The summed E-state index contributed by atoms with van der Waals surface area (Å²) in [4.78, 5) is 15.5. The molecule has 23 heavy (non-hydrogen) atoms. The number of ether oxygens (including phenoxy) is 3. The van der Waals surface area contributed by atoms with Crippen LogP contribution in [-0.2, 0) is 0 Å². The van der Waals surface area contributed by atoms with Crippen LogP contribution >= 0.6 is 0 Å². The van der Waals surface area contributed by atoms with Crippen molar-refractivity contribution in [3.63, 3.8) is 0 Å². The third-order valence-electron chi connectivity index (χ3n) is 3.36. The van der Waals surface area contributed by atoms with Crippen molar-refractivity contribution in [2.45, 2.75) is 0 Å². The third kappa shape index (κ3) is 2.41. The van der Waals surface area contributed by atoms with Gasteiger partial charge in [0.15, 0.2) is 23.0 Å². The average molecular weight is 316 g/mol. The molecule has 0 spiro atoms. The van der Waals surface area contributed by atoms with Gasteiger partial charge in [0.1, 0.15) is 17.1 Å². The molecule has 0 aliphatic carbocycles. The maximum Gasteiger partial charge on any atom is 0.224 e. The molecule has 0 aliphatic rings. The molecular weight excluding hydrogens is 300 g/mol. The number of aromatic amines is 1. The van der Waals surface area contributed by atoms with Crippen molar-refractivity contribution in [1.29, 1.82) is 0 Å². The van der Waals surface area contributed by atoms with Crippen LogP contribution in [0.5, 0.6) is 17.2 Å². The number of anilines is 2. The van der Waals surface area contributed by atoms with E-state index in [2.05, 4.69) is 19.9 Å². The highest BCUT2D eigenvalue weighted by Gasteiger charge is 2.18. The molecule has 9 heteroatoms. The lowest BCUT2D eigenvalue weighted by molar-refractivity contribution is 0.349. The number of nitrogen functional groups attached to an aromatic ring is 2. The van der Waals surface area contributed by atoms with E-state index in [1.54, 1.807) is 33.5 Å². The van der Waals surface area contributed by atoms with Gasteiger partial charge in [0, 0.05) is 6.07 Å². The van der Waals surface area contributed by atoms with Gasteiger partial charge < -0.3 is 30.7 Å². The summed E-state index contributed by atoms with van der Waals surface area (Å²) >= 11 is 0. The number of imidazole rings is 1. The Morgan fingerprint density at radius 2 is 1.52 bits per heavy atom. The first-order chi connectivity index (χ1) is 11.1. The van der Waals surface area contributed by atoms with E-state index in [1.807, 2.05) is 0 Å². The summed E-state index contributed by atoms with van der Waals surface area (Å²) < 4.78 is 16.0. The summed E-state index contributed by atoms with van der Waals surface area (Å²) in [6.45, 7) is 0. The zero-order valence-electron chi connectivity index (χ0n) is 12.9. The number of methoxy groups -OCH3 is 3. The Balaban J connectivity index is 2.23. The van der Waals surface area contributed by atoms with Crippen molar-refractivity contribution in [2.75, 3.05) is 32.8 Å². The Morgan fingerprint density at radius 3 is 2.17 bits per heavy atom. The van der Waals surface area contributed by atoms with Crippen LogP contribution < -0.4 is 25.7 Å². The highest BCUT2D eigenvalue weighted by atomic mass is 16.5. The number of nitrogens with two attached hydrogens (primary N) is 2. The predicted molar refractivity (Wildman–Crippen MR) is 85.6 cm³/mol. The Labute approximate surface area is 131 Å². The first-order valence-corrected chi connectivity index (χ1v) is 6.66. The van der Waals surface area contributed by atoms with E-state index in [0.29, 0.717) is 39.8 Å². The Hall–Kier alpha value is -3.23. The minimum absolute atomic E-state index is 0.0623. The van der Waals surface area contributed by atoms with Gasteiger partial charge in [-0.15, -0.1) is 0 Å². The molecule has 0 radical (unpaired) electrons.